The van der Waals surface area contributed by atoms with Crippen LogP contribution in [-0.4, -0.2) is 6.54 Å². The molecule has 1 unspecified atom stereocenters. The number of nitrogens with two attached hydrogens (primary N) is 1. The van der Waals surface area contributed by atoms with E-state index in [9.17, 15) is 0 Å². The predicted molar refractivity (Wildman–Crippen MR) is 43.3 cm³/mol. The minimum Gasteiger partial charge on any atom is -0.329 e. The highest BCUT2D eigenvalue weighted by Crippen LogP contribution is 2.40. The van der Waals surface area contributed by atoms with Crippen LogP contribution in [0.5, 0.6) is 0 Å². The third-order valence-corrected chi connectivity index (χ3v) is 2.76. The van der Waals surface area contributed by atoms with Crippen LogP contribution in [0.25, 0.3) is 0 Å². The molecular formula is C9H15N. The van der Waals surface area contributed by atoms with E-state index in [2.05, 4.69) is 12.8 Å². The smallest absolute Gasteiger partial charge is 0.0434 e. The van der Waals surface area contributed by atoms with E-state index < -0.39 is 0 Å². The first-order valence-electron chi connectivity index (χ1n) is 3.91. The first-order chi connectivity index (χ1) is 4.73. The monoisotopic (exact) mass is 137 g/mol. The molecule has 1 fully saturated rings. The highest BCUT2D eigenvalue weighted by atomic mass is 14.6. The van der Waals surface area contributed by atoms with Gasteiger partial charge >= 0.3 is 0 Å². The van der Waals surface area contributed by atoms with Crippen molar-refractivity contribution in [3.05, 3.63) is 0 Å². The SMILES string of the molecule is C#CC(C)(CN)C1CCC1. The topological polar surface area (TPSA) is 26.0 Å². The fourth-order valence-corrected chi connectivity index (χ4v) is 1.39. The van der Waals surface area contributed by atoms with E-state index in [1.807, 2.05) is 0 Å². The van der Waals surface area contributed by atoms with Gasteiger partial charge in [-0.25, -0.2) is 0 Å². The molecule has 1 rings (SSSR count). The van der Waals surface area contributed by atoms with Gasteiger partial charge in [-0.1, -0.05) is 12.3 Å². The van der Waals surface area contributed by atoms with Crippen molar-refractivity contribution in [2.24, 2.45) is 17.1 Å². The minimum atomic E-state index is -0.0156. The zero-order valence-corrected chi connectivity index (χ0v) is 6.56. The maximum absolute atomic E-state index is 5.59. The van der Waals surface area contributed by atoms with Crippen molar-refractivity contribution < 1.29 is 0 Å². The summed E-state index contributed by atoms with van der Waals surface area (Å²) in [6, 6.07) is 0. The van der Waals surface area contributed by atoms with E-state index in [0.29, 0.717) is 12.5 Å². The van der Waals surface area contributed by atoms with Gasteiger partial charge < -0.3 is 5.73 Å². The molecule has 0 aliphatic heterocycles. The Morgan fingerprint density at radius 1 is 1.70 bits per heavy atom. The van der Waals surface area contributed by atoms with Gasteiger partial charge in [-0.2, -0.15) is 0 Å². The second-order valence-electron chi connectivity index (χ2n) is 3.39. The van der Waals surface area contributed by atoms with Gasteiger partial charge in [-0.15, -0.1) is 6.42 Å². The van der Waals surface area contributed by atoms with Gasteiger partial charge in [0, 0.05) is 12.0 Å². The molecule has 1 saturated carbocycles. The molecule has 0 saturated heterocycles. The molecule has 0 spiro atoms. The lowest BCUT2D eigenvalue weighted by atomic mass is 9.67. The average molecular weight is 137 g/mol. The maximum atomic E-state index is 5.59. The summed E-state index contributed by atoms with van der Waals surface area (Å²) >= 11 is 0. The molecule has 56 valence electrons. The Morgan fingerprint density at radius 2 is 2.30 bits per heavy atom. The van der Waals surface area contributed by atoms with Crippen molar-refractivity contribution in [3.8, 4) is 12.3 Å². The van der Waals surface area contributed by atoms with E-state index in [1.54, 1.807) is 0 Å². The first-order valence-corrected chi connectivity index (χ1v) is 3.91. The van der Waals surface area contributed by atoms with Crippen LogP contribution in [-0.2, 0) is 0 Å². The fraction of sp³-hybridized carbons (Fsp3) is 0.778. The number of hydrogen-bond acceptors (Lipinski definition) is 1. The summed E-state index contributed by atoms with van der Waals surface area (Å²) in [4.78, 5) is 0. The molecular weight excluding hydrogens is 122 g/mol. The Kier molecular flexibility index (Phi) is 2.01. The second-order valence-corrected chi connectivity index (χ2v) is 3.39. The van der Waals surface area contributed by atoms with Gasteiger partial charge in [0.05, 0.1) is 0 Å². The molecule has 2 N–H and O–H groups in total. The summed E-state index contributed by atoms with van der Waals surface area (Å²) in [7, 11) is 0. The molecule has 0 aromatic heterocycles. The summed E-state index contributed by atoms with van der Waals surface area (Å²) in [5.41, 5.74) is 5.57. The van der Waals surface area contributed by atoms with Gasteiger partial charge in [0.1, 0.15) is 0 Å². The summed E-state index contributed by atoms with van der Waals surface area (Å²) < 4.78 is 0. The Labute approximate surface area is 63.0 Å². The molecule has 1 atom stereocenters. The molecule has 0 aromatic rings. The van der Waals surface area contributed by atoms with Crippen molar-refractivity contribution in [1.29, 1.82) is 0 Å². The van der Waals surface area contributed by atoms with Crippen LogP contribution >= 0.6 is 0 Å². The third-order valence-electron chi connectivity index (χ3n) is 2.76. The lowest BCUT2D eigenvalue weighted by Crippen LogP contribution is -2.37. The van der Waals surface area contributed by atoms with Crippen LogP contribution in [0.1, 0.15) is 26.2 Å². The molecule has 0 radical (unpaired) electrons. The van der Waals surface area contributed by atoms with Crippen LogP contribution in [0.2, 0.25) is 0 Å². The molecule has 0 heterocycles. The Balaban J connectivity index is 2.55. The van der Waals surface area contributed by atoms with Crippen molar-refractivity contribution in [3.63, 3.8) is 0 Å². The van der Waals surface area contributed by atoms with Crippen LogP contribution in [0.15, 0.2) is 0 Å². The lowest BCUT2D eigenvalue weighted by Gasteiger charge is -2.38. The van der Waals surface area contributed by atoms with Gasteiger partial charge in [0.25, 0.3) is 0 Å². The molecule has 0 amide bonds. The molecule has 0 bridgehead atoms. The number of rotatable bonds is 2. The predicted octanol–water partition coefficient (Wildman–Crippen LogP) is 1.38. The lowest BCUT2D eigenvalue weighted by molar-refractivity contribution is 0.167. The molecule has 0 aromatic carbocycles. The van der Waals surface area contributed by atoms with Gasteiger partial charge in [0.15, 0.2) is 0 Å². The van der Waals surface area contributed by atoms with Crippen molar-refractivity contribution in [2.75, 3.05) is 6.54 Å². The molecule has 1 aliphatic carbocycles. The highest BCUT2D eigenvalue weighted by Gasteiger charge is 2.34. The standard InChI is InChI=1S/C9H15N/c1-3-9(2,7-10)8-5-4-6-8/h1,8H,4-7,10H2,2H3. The summed E-state index contributed by atoms with van der Waals surface area (Å²) in [5, 5.41) is 0. The fourth-order valence-electron chi connectivity index (χ4n) is 1.39. The number of hydrogen-bond donors (Lipinski definition) is 1. The zero-order valence-electron chi connectivity index (χ0n) is 6.56. The third kappa shape index (κ3) is 1.04. The van der Waals surface area contributed by atoms with Crippen LogP contribution < -0.4 is 5.73 Å². The van der Waals surface area contributed by atoms with E-state index >= 15 is 0 Å². The Bertz CT molecular complexity index is 153. The van der Waals surface area contributed by atoms with Gasteiger partial charge in [0.2, 0.25) is 0 Å². The molecule has 1 nitrogen and oxygen atoms in total. The largest absolute Gasteiger partial charge is 0.329 e. The quantitative estimate of drug-likeness (QED) is 0.572. The minimum absolute atomic E-state index is 0.0156. The van der Waals surface area contributed by atoms with E-state index in [1.165, 1.54) is 19.3 Å². The normalized spacial score (nSPS) is 24.5. The molecule has 1 heteroatoms. The van der Waals surface area contributed by atoms with Gasteiger partial charge in [-0.05, 0) is 25.7 Å². The van der Waals surface area contributed by atoms with Crippen LogP contribution in [0.4, 0.5) is 0 Å². The molecule has 10 heavy (non-hydrogen) atoms. The zero-order chi connectivity index (χ0) is 7.61. The van der Waals surface area contributed by atoms with Crippen molar-refractivity contribution >= 4 is 0 Å². The maximum Gasteiger partial charge on any atom is 0.0434 e. The summed E-state index contributed by atoms with van der Waals surface area (Å²) in [5.74, 6) is 3.50. The summed E-state index contributed by atoms with van der Waals surface area (Å²) in [6.07, 6.45) is 9.28. The van der Waals surface area contributed by atoms with E-state index in [0.717, 1.165) is 0 Å². The Morgan fingerprint density at radius 3 is 2.40 bits per heavy atom. The molecule has 1 aliphatic rings. The average Bonchev–Trinajstić information content (AvgIpc) is 1.84. The van der Waals surface area contributed by atoms with E-state index in [-0.39, 0.29) is 5.41 Å². The summed E-state index contributed by atoms with van der Waals surface area (Å²) in [6.45, 7) is 2.73. The van der Waals surface area contributed by atoms with Crippen molar-refractivity contribution in [2.45, 2.75) is 26.2 Å². The second kappa shape index (κ2) is 2.64. The van der Waals surface area contributed by atoms with E-state index in [4.69, 9.17) is 12.2 Å². The highest BCUT2D eigenvalue weighted by molar-refractivity contribution is 5.08. The Hall–Kier alpha value is -0.480. The first kappa shape index (κ1) is 7.63. The van der Waals surface area contributed by atoms with Gasteiger partial charge in [-0.3, -0.25) is 0 Å². The van der Waals surface area contributed by atoms with Crippen LogP contribution in [0, 0.1) is 23.7 Å². The van der Waals surface area contributed by atoms with Crippen molar-refractivity contribution in [1.82, 2.24) is 0 Å². The number of terminal acetylenes is 1. The van der Waals surface area contributed by atoms with Crippen LogP contribution in [0.3, 0.4) is 0 Å².